The molecule has 1 fully saturated rings. The van der Waals surface area contributed by atoms with E-state index in [9.17, 15) is 13.2 Å². The van der Waals surface area contributed by atoms with Gasteiger partial charge in [0.15, 0.2) is 0 Å². The second-order valence-electron chi connectivity index (χ2n) is 6.47. The van der Waals surface area contributed by atoms with Gasteiger partial charge in [0.05, 0.1) is 26.7 Å². The number of hydrogen-bond acceptors (Lipinski definition) is 6. The molecule has 2 aromatic carbocycles. The van der Waals surface area contributed by atoms with Crippen molar-refractivity contribution in [3.63, 3.8) is 0 Å². The highest BCUT2D eigenvalue weighted by Gasteiger charge is 2.29. The van der Waals surface area contributed by atoms with Gasteiger partial charge in [0.1, 0.15) is 16.4 Å². The van der Waals surface area contributed by atoms with E-state index in [4.69, 9.17) is 14.2 Å². The van der Waals surface area contributed by atoms with Crippen LogP contribution in [0.4, 0.5) is 0 Å². The molecule has 1 aliphatic rings. The van der Waals surface area contributed by atoms with Crippen LogP contribution in [0.1, 0.15) is 11.1 Å². The third-order valence-corrected chi connectivity index (χ3v) is 6.31. The molecule has 0 atom stereocenters. The summed E-state index contributed by atoms with van der Waals surface area (Å²) in [6.45, 7) is 3.17. The molecular formula is C20H23NO6S. The van der Waals surface area contributed by atoms with E-state index in [0.717, 1.165) is 5.56 Å². The van der Waals surface area contributed by atoms with Gasteiger partial charge in [-0.05, 0) is 42.3 Å². The number of benzene rings is 2. The summed E-state index contributed by atoms with van der Waals surface area (Å²) < 4.78 is 43.2. The zero-order valence-corrected chi connectivity index (χ0v) is 16.7. The maximum atomic E-state index is 13.0. The van der Waals surface area contributed by atoms with Crippen molar-refractivity contribution in [2.45, 2.75) is 18.2 Å². The third-order valence-electron chi connectivity index (χ3n) is 4.39. The largest absolute Gasteiger partial charge is 0.495 e. The van der Waals surface area contributed by atoms with E-state index in [1.165, 1.54) is 17.5 Å². The van der Waals surface area contributed by atoms with Crippen LogP contribution in [-0.4, -0.2) is 52.1 Å². The highest BCUT2D eigenvalue weighted by Crippen LogP contribution is 2.28. The Morgan fingerprint density at radius 1 is 1.14 bits per heavy atom. The van der Waals surface area contributed by atoms with Gasteiger partial charge in [0, 0.05) is 13.1 Å². The number of sulfonamides is 1. The molecule has 0 saturated carbocycles. The molecule has 0 amide bonds. The Morgan fingerprint density at radius 3 is 2.57 bits per heavy atom. The van der Waals surface area contributed by atoms with Crippen LogP contribution in [0.2, 0.25) is 0 Å². The molecule has 150 valence electrons. The Morgan fingerprint density at radius 2 is 1.89 bits per heavy atom. The van der Waals surface area contributed by atoms with E-state index in [1.54, 1.807) is 30.3 Å². The van der Waals surface area contributed by atoms with Gasteiger partial charge in [-0.1, -0.05) is 18.2 Å². The molecule has 0 radical (unpaired) electrons. The monoisotopic (exact) mass is 405 g/mol. The summed E-state index contributed by atoms with van der Waals surface area (Å²) in [6, 6.07) is 11.9. The summed E-state index contributed by atoms with van der Waals surface area (Å²) in [7, 11) is -2.34. The molecular weight excluding hydrogens is 382 g/mol. The van der Waals surface area contributed by atoms with Crippen molar-refractivity contribution in [1.29, 1.82) is 0 Å². The normalized spacial score (nSPS) is 15.2. The SMILES string of the molecule is COc1ccc(CC(=O)Oc2cccc(C)c2)cc1S(=O)(=O)N1CCOCC1. The molecule has 1 saturated heterocycles. The lowest BCUT2D eigenvalue weighted by Gasteiger charge is -2.26. The molecule has 1 aliphatic heterocycles. The van der Waals surface area contributed by atoms with E-state index in [2.05, 4.69) is 0 Å². The van der Waals surface area contributed by atoms with E-state index in [0.29, 0.717) is 24.5 Å². The number of morpholine rings is 1. The lowest BCUT2D eigenvalue weighted by Crippen LogP contribution is -2.40. The van der Waals surface area contributed by atoms with Gasteiger partial charge in [0.25, 0.3) is 0 Å². The average molecular weight is 405 g/mol. The lowest BCUT2D eigenvalue weighted by molar-refractivity contribution is -0.133. The van der Waals surface area contributed by atoms with Crippen LogP contribution in [0.25, 0.3) is 0 Å². The Balaban J connectivity index is 1.81. The molecule has 0 aliphatic carbocycles. The fourth-order valence-electron chi connectivity index (χ4n) is 2.97. The molecule has 0 spiro atoms. The van der Waals surface area contributed by atoms with Gasteiger partial charge in [0.2, 0.25) is 10.0 Å². The van der Waals surface area contributed by atoms with E-state index >= 15 is 0 Å². The number of methoxy groups -OCH3 is 1. The number of hydrogen-bond donors (Lipinski definition) is 0. The van der Waals surface area contributed by atoms with E-state index in [-0.39, 0.29) is 30.2 Å². The molecule has 0 bridgehead atoms. The summed E-state index contributed by atoms with van der Waals surface area (Å²) in [5.41, 5.74) is 1.51. The zero-order valence-electron chi connectivity index (χ0n) is 15.9. The summed E-state index contributed by atoms with van der Waals surface area (Å²) in [6.07, 6.45) is -0.0520. The van der Waals surface area contributed by atoms with Crippen molar-refractivity contribution >= 4 is 16.0 Å². The van der Waals surface area contributed by atoms with Gasteiger partial charge >= 0.3 is 5.97 Å². The Kier molecular flexibility index (Phi) is 6.33. The third kappa shape index (κ3) is 4.70. The Bertz CT molecular complexity index is 951. The highest BCUT2D eigenvalue weighted by atomic mass is 32.2. The average Bonchev–Trinajstić information content (AvgIpc) is 2.68. The first-order valence-corrected chi connectivity index (χ1v) is 10.4. The van der Waals surface area contributed by atoms with Crippen molar-refractivity contribution in [2.75, 3.05) is 33.4 Å². The van der Waals surface area contributed by atoms with Gasteiger partial charge in [-0.3, -0.25) is 4.79 Å². The molecule has 3 rings (SSSR count). The van der Waals surface area contributed by atoms with Crippen molar-refractivity contribution < 1.29 is 27.4 Å². The van der Waals surface area contributed by atoms with Crippen LogP contribution in [0.15, 0.2) is 47.4 Å². The number of nitrogens with zero attached hydrogens (tertiary/aromatic N) is 1. The minimum atomic E-state index is -3.75. The summed E-state index contributed by atoms with van der Waals surface area (Å²) in [4.78, 5) is 12.3. The fraction of sp³-hybridized carbons (Fsp3) is 0.350. The predicted molar refractivity (Wildman–Crippen MR) is 103 cm³/mol. The van der Waals surface area contributed by atoms with Crippen molar-refractivity contribution in [2.24, 2.45) is 0 Å². The smallest absolute Gasteiger partial charge is 0.315 e. The maximum Gasteiger partial charge on any atom is 0.315 e. The van der Waals surface area contributed by atoms with E-state index < -0.39 is 16.0 Å². The summed E-state index contributed by atoms with van der Waals surface area (Å²) in [5, 5.41) is 0. The molecule has 0 aromatic heterocycles. The molecule has 2 aromatic rings. The number of rotatable bonds is 6. The van der Waals surface area contributed by atoms with Gasteiger partial charge < -0.3 is 14.2 Å². The van der Waals surface area contributed by atoms with E-state index in [1.807, 2.05) is 13.0 Å². The van der Waals surface area contributed by atoms with Gasteiger partial charge in [-0.2, -0.15) is 4.31 Å². The standard InChI is InChI=1S/C20H23NO6S/c1-15-4-3-5-17(12-15)27-20(22)14-16-6-7-18(25-2)19(13-16)28(23,24)21-8-10-26-11-9-21/h3-7,12-13H,8-11,14H2,1-2H3. The van der Waals surface area contributed by atoms with Crippen molar-refractivity contribution in [3.8, 4) is 11.5 Å². The van der Waals surface area contributed by atoms with Crippen LogP contribution in [0, 0.1) is 6.92 Å². The Hall–Kier alpha value is -2.42. The van der Waals surface area contributed by atoms with Crippen LogP contribution >= 0.6 is 0 Å². The quantitative estimate of drug-likeness (QED) is 0.541. The first-order chi connectivity index (χ1) is 13.4. The van der Waals surface area contributed by atoms with Crippen LogP contribution in [0.3, 0.4) is 0 Å². The second-order valence-corrected chi connectivity index (χ2v) is 8.38. The lowest BCUT2D eigenvalue weighted by atomic mass is 10.1. The topological polar surface area (TPSA) is 82.1 Å². The molecule has 8 heteroatoms. The zero-order chi connectivity index (χ0) is 20.1. The minimum Gasteiger partial charge on any atom is -0.495 e. The number of ether oxygens (including phenoxy) is 3. The van der Waals surface area contributed by atoms with Crippen LogP contribution < -0.4 is 9.47 Å². The van der Waals surface area contributed by atoms with Crippen molar-refractivity contribution in [3.05, 3.63) is 53.6 Å². The van der Waals surface area contributed by atoms with Crippen molar-refractivity contribution in [1.82, 2.24) is 4.31 Å². The second kappa shape index (κ2) is 8.72. The first kappa shape index (κ1) is 20.3. The summed E-state index contributed by atoms with van der Waals surface area (Å²) in [5.74, 6) is 0.229. The maximum absolute atomic E-state index is 13.0. The predicted octanol–water partition coefficient (Wildman–Crippen LogP) is 2.17. The number of carbonyl (C=O) groups is 1. The number of aryl methyl sites for hydroxylation is 1. The molecule has 1 heterocycles. The first-order valence-electron chi connectivity index (χ1n) is 8.92. The minimum absolute atomic E-state index is 0.0396. The highest BCUT2D eigenvalue weighted by molar-refractivity contribution is 7.89. The Labute approximate surface area is 164 Å². The molecule has 0 N–H and O–H groups in total. The number of carbonyl (C=O) groups excluding carboxylic acids is 1. The summed E-state index contributed by atoms with van der Waals surface area (Å²) >= 11 is 0. The number of esters is 1. The molecule has 7 nitrogen and oxygen atoms in total. The fourth-order valence-corrected chi connectivity index (χ4v) is 4.59. The van der Waals surface area contributed by atoms with Crippen LogP contribution in [0.5, 0.6) is 11.5 Å². The van der Waals surface area contributed by atoms with Gasteiger partial charge in [-0.15, -0.1) is 0 Å². The molecule has 0 unspecified atom stereocenters. The van der Waals surface area contributed by atoms with Crippen LogP contribution in [-0.2, 0) is 26.0 Å². The molecule has 28 heavy (non-hydrogen) atoms. The van der Waals surface area contributed by atoms with Gasteiger partial charge in [-0.25, -0.2) is 8.42 Å².